The molecule has 2 heterocycles. The van der Waals surface area contributed by atoms with Crippen molar-refractivity contribution in [3.8, 4) is 5.75 Å². The van der Waals surface area contributed by atoms with E-state index in [2.05, 4.69) is 10.3 Å². The van der Waals surface area contributed by atoms with Gasteiger partial charge in [0.05, 0.1) is 0 Å². The summed E-state index contributed by atoms with van der Waals surface area (Å²) in [6.07, 6.45) is 0. The molecule has 2 aromatic heterocycles. The van der Waals surface area contributed by atoms with Gasteiger partial charge in [-0.05, 0) is 62.4 Å². The number of benzene rings is 1. The second kappa shape index (κ2) is 7.65. The Morgan fingerprint density at radius 2 is 1.85 bits per heavy atom. The molecular formula is C20H18N2O4. The van der Waals surface area contributed by atoms with Crippen LogP contribution in [0.4, 0.5) is 5.82 Å². The van der Waals surface area contributed by atoms with E-state index < -0.39 is 0 Å². The predicted octanol–water partition coefficient (Wildman–Crippen LogP) is 4.02. The SMILES string of the molecule is CC(=O)c1ccc(OCc2ccc(C(=O)Nc3cccc(C)n3)o2)cc1. The van der Waals surface area contributed by atoms with Gasteiger partial charge in [0.2, 0.25) is 0 Å². The summed E-state index contributed by atoms with van der Waals surface area (Å²) in [5, 5.41) is 2.69. The molecule has 0 atom stereocenters. The highest BCUT2D eigenvalue weighted by molar-refractivity contribution is 6.01. The van der Waals surface area contributed by atoms with Crippen LogP contribution in [0, 0.1) is 6.92 Å². The summed E-state index contributed by atoms with van der Waals surface area (Å²) in [5.41, 5.74) is 1.44. The van der Waals surface area contributed by atoms with Crippen LogP contribution in [0.25, 0.3) is 0 Å². The zero-order valence-corrected chi connectivity index (χ0v) is 14.5. The van der Waals surface area contributed by atoms with Gasteiger partial charge in [0.15, 0.2) is 11.5 Å². The third kappa shape index (κ3) is 4.36. The third-order valence-corrected chi connectivity index (χ3v) is 3.66. The topological polar surface area (TPSA) is 81.4 Å². The van der Waals surface area contributed by atoms with E-state index >= 15 is 0 Å². The highest BCUT2D eigenvalue weighted by Crippen LogP contribution is 2.16. The Morgan fingerprint density at radius 1 is 1.08 bits per heavy atom. The van der Waals surface area contributed by atoms with Crippen LogP contribution in [-0.4, -0.2) is 16.7 Å². The zero-order valence-electron chi connectivity index (χ0n) is 14.5. The Hall–Kier alpha value is -3.41. The van der Waals surface area contributed by atoms with Gasteiger partial charge in [-0.25, -0.2) is 4.98 Å². The van der Waals surface area contributed by atoms with E-state index in [-0.39, 0.29) is 24.1 Å². The number of ether oxygens (including phenoxy) is 1. The third-order valence-electron chi connectivity index (χ3n) is 3.66. The molecule has 6 heteroatoms. The number of ketones is 1. The fourth-order valence-electron chi connectivity index (χ4n) is 2.31. The smallest absolute Gasteiger partial charge is 0.292 e. The summed E-state index contributed by atoms with van der Waals surface area (Å²) in [6, 6.07) is 15.5. The molecule has 0 unspecified atom stereocenters. The van der Waals surface area contributed by atoms with Crippen molar-refractivity contribution in [1.82, 2.24) is 4.98 Å². The second-order valence-corrected chi connectivity index (χ2v) is 5.75. The maximum atomic E-state index is 12.2. The van der Waals surface area contributed by atoms with Crippen molar-refractivity contribution in [3.05, 3.63) is 77.4 Å². The van der Waals surface area contributed by atoms with E-state index in [9.17, 15) is 9.59 Å². The maximum absolute atomic E-state index is 12.2. The number of Topliss-reactive ketones (excluding diaryl/α,β-unsaturated/α-hetero) is 1. The number of nitrogens with zero attached hydrogens (tertiary/aromatic N) is 1. The molecule has 0 saturated carbocycles. The molecule has 0 aliphatic rings. The van der Waals surface area contributed by atoms with Gasteiger partial charge in [-0.3, -0.25) is 9.59 Å². The number of pyridine rings is 1. The first-order valence-electron chi connectivity index (χ1n) is 8.09. The fraction of sp³-hybridized carbons (Fsp3) is 0.150. The van der Waals surface area contributed by atoms with E-state index in [1.807, 2.05) is 19.1 Å². The van der Waals surface area contributed by atoms with Crippen molar-refractivity contribution in [2.45, 2.75) is 20.5 Å². The molecule has 0 aliphatic carbocycles. The molecule has 0 fully saturated rings. The normalized spacial score (nSPS) is 10.4. The largest absolute Gasteiger partial charge is 0.486 e. The lowest BCUT2D eigenvalue weighted by atomic mass is 10.1. The van der Waals surface area contributed by atoms with Gasteiger partial charge in [0.1, 0.15) is 23.9 Å². The Kier molecular flexibility index (Phi) is 5.12. The number of nitrogens with one attached hydrogen (secondary N) is 1. The molecule has 1 amide bonds. The monoisotopic (exact) mass is 350 g/mol. The molecule has 3 rings (SSSR count). The van der Waals surface area contributed by atoms with E-state index in [1.165, 1.54) is 6.92 Å². The molecular weight excluding hydrogens is 332 g/mol. The van der Waals surface area contributed by atoms with Crippen molar-refractivity contribution in [2.24, 2.45) is 0 Å². The van der Waals surface area contributed by atoms with Gasteiger partial charge in [-0.2, -0.15) is 0 Å². The molecule has 1 N–H and O–H groups in total. The summed E-state index contributed by atoms with van der Waals surface area (Å²) in [7, 11) is 0. The highest BCUT2D eigenvalue weighted by Gasteiger charge is 2.12. The van der Waals surface area contributed by atoms with Crippen LogP contribution in [0.3, 0.4) is 0 Å². The maximum Gasteiger partial charge on any atom is 0.292 e. The number of aromatic nitrogens is 1. The minimum Gasteiger partial charge on any atom is -0.486 e. The van der Waals surface area contributed by atoms with Crippen molar-refractivity contribution in [1.29, 1.82) is 0 Å². The average molecular weight is 350 g/mol. The molecule has 26 heavy (non-hydrogen) atoms. The van der Waals surface area contributed by atoms with Crippen LogP contribution in [0.1, 0.15) is 39.3 Å². The summed E-state index contributed by atoms with van der Waals surface area (Å²) >= 11 is 0. The van der Waals surface area contributed by atoms with Crippen LogP contribution in [-0.2, 0) is 6.61 Å². The number of aryl methyl sites for hydroxylation is 1. The van der Waals surface area contributed by atoms with Gasteiger partial charge in [-0.1, -0.05) is 6.07 Å². The average Bonchev–Trinajstić information content (AvgIpc) is 3.09. The standard InChI is InChI=1S/C20H18N2O4/c1-13-4-3-5-19(21-13)22-20(24)18-11-10-17(26-18)12-25-16-8-6-15(7-9-16)14(2)23/h3-11H,12H2,1-2H3,(H,21,22,24). The molecule has 3 aromatic rings. The lowest BCUT2D eigenvalue weighted by molar-refractivity contribution is 0.0990. The van der Waals surface area contributed by atoms with Crippen molar-refractivity contribution in [3.63, 3.8) is 0 Å². The van der Waals surface area contributed by atoms with Gasteiger partial charge in [0.25, 0.3) is 5.91 Å². The number of hydrogen-bond acceptors (Lipinski definition) is 5. The van der Waals surface area contributed by atoms with Gasteiger partial charge >= 0.3 is 0 Å². The van der Waals surface area contributed by atoms with Crippen LogP contribution in [0.15, 0.2) is 59.0 Å². The van der Waals surface area contributed by atoms with E-state index in [0.717, 1.165) is 5.69 Å². The van der Waals surface area contributed by atoms with Crippen LogP contribution < -0.4 is 10.1 Å². The highest BCUT2D eigenvalue weighted by atomic mass is 16.5. The second-order valence-electron chi connectivity index (χ2n) is 5.75. The summed E-state index contributed by atoms with van der Waals surface area (Å²) in [6.45, 7) is 3.54. The van der Waals surface area contributed by atoms with E-state index in [4.69, 9.17) is 9.15 Å². The quantitative estimate of drug-likeness (QED) is 0.679. The number of furan rings is 1. The zero-order chi connectivity index (χ0) is 18.5. The van der Waals surface area contributed by atoms with Crippen molar-refractivity contribution >= 4 is 17.5 Å². The Morgan fingerprint density at radius 3 is 2.54 bits per heavy atom. The summed E-state index contributed by atoms with van der Waals surface area (Å²) in [4.78, 5) is 27.7. The number of carbonyl (C=O) groups excluding carboxylic acids is 2. The minimum absolute atomic E-state index is 0.00124. The van der Waals surface area contributed by atoms with Crippen LogP contribution in [0.5, 0.6) is 5.75 Å². The van der Waals surface area contributed by atoms with Crippen LogP contribution >= 0.6 is 0 Å². The molecule has 0 radical (unpaired) electrons. The predicted molar refractivity (Wildman–Crippen MR) is 96.4 cm³/mol. The van der Waals surface area contributed by atoms with Gasteiger partial charge in [0, 0.05) is 11.3 Å². The molecule has 0 bridgehead atoms. The summed E-state index contributed by atoms with van der Waals surface area (Å²) in [5.74, 6) is 1.40. The van der Waals surface area contributed by atoms with E-state index in [1.54, 1.807) is 42.5 Å². The Bertz CT molecular complexity index is 929. The van der Waals surface area contributed by atoms with Crippen LogP contribution in [0.2, 0.25) is 0 Å². The first kappa shape index (κ1) is 17.4. The molecule has 6 nitrogen and oxygen atoms in total. The Labute approximate surface area is 150 Å². The fourth-order valence-corrected chi connectivity index (χ4v) is 2.31. The van der Waals surface area contributed by atoms with E-state index in [0.29, 0.717) is 22.9 Å². The van der Waals surface area contributed by atoms with Crippen molar-refractivity contribution in [2.75, 3.05) is 5.32 Å². The molecule has 132 valence electrons. The summed E-state index contributed by atoms with van der Waals surface area (Å²) < 4.78 is 11.1. The Balaban J connectivity index is 1.58. The van der Waals surface area contributed by atoms with Crippen molar-refractivity contribution < 1.29 is 18.7 Å². The van der Waals surface area contributed by atoms with Gasteiger partial charge in [-0.15, -0.1) is 0 Å². The molecule has 0 saturated heterocycles. The lowest BCUT2D eigenvalue weighted by Gasteiger charge is -2.05. The number of anilines is 1. The first-order chi connectivity index (χ1) is 12.5. The minimum atomic E-state index is -0.375. The molecule has 0 spiro atoms. The molecule has 1 aromatic carbocycles. The number of rotatable bonds is 6. The first-order valence-corrected chi connectivity index (χ1v) is 8.09. The van der Waals surface area contributed by atoms with Gasteiger partial charge < -0.3 is 14.5 Å². The molecule has 0 aliphatic heterocycles. The number of hydrogen-bond donors (Lipinski definition) is 1. The number of carbonyl (C=O) groups is 2. The lowest BCUT2D eigenvalue weighted by Crippen LogP contribution is -2.12. The number of amides is 1.